The highest BCUT2D eigenvalue weighted by Gasteiger charge is 2.88. The van der Waals surface area contributed by atoms with Gasteiger partial charge in [-0.25, -0.2) is 26.6 Å². The summed E-state index contributed by atoms with van der Waals surface area (Å²) < 4.78 is 104. The van der Waals surface area contributed by atoms with Crippen molar-refractivity contribution in [2.75, 3.05) is 11.0 Å². The number of pyridine rings is 1. The van der Waals surface area contributed by atoms with Gasteiger partial charge in [0.25, 0.3) is 12.3 Å². The third-order valence-electron chi connectivity index (χ3n) is 10.6. The smallest absolute Gasteiger partial charge is 0.299 e. The van der Waals surface area contributed by atoms with Crippen molar-refractivity contribution < 1.29 is 40.3 Å². The van der Waals surface area contributed by atoms with E-state index in [-0.39, 0.29) is 46.0 Å². The number of nitrogens with one attached hydrogen (secondary N) is 2. The molecule has 57 heavy (non-hydrogen) atoms. The van der Waals surface area contributed by atoms with Crippen molar-refractivity contribution in [3.63, 3.8) is 0 Å². The fourth-order valence-electron chi connectivity index (χ4n) is 8.20. The van der Waals surface area contributed by atoms with Gasteiger partial charge in [0.1, 0.15) is 35.0 Å². The molecule has 2 aromatic carbocycles. The van der Waals surface area contributed by atoms with E-state index in [4.69, 9.17) is 16.6 Å². The number of carbonyl (C=O) groups is 1. The molecule has 3 aromatic heterocycles. The highest BCUT2D eigenvalue weighted by atomic mass is 35.5. The molecule has 1 amide bonds. The minimum atomic E-state index is -3.80. The van der Waals surface area contributed by atoms with Crippen LogP contribution in [-0.2, 0) is 46.2 Å². The van der Waals surface area contributed by atoms with E-state index in [9.17, 15) is 31.5 Å². The van der Waals surface area contributed by atoms with Crippen LogP contribution in [0, 0.1) is 23.1 Å². The molecule has 3 aliphatic rings. The van der Waals surface area contributed by atoms with Gasteiger partial charge in [0.05, 0.1) is 39.3 Å². The number of fused-ring (bicyclic) bond motifs is 2. The van der Waals surface area contributed by atoms with Crippen molar-refractivity contribution in [1.29, 1.82) is 0 Å². The van der Waals surface area contributed by atoms with Crippen molar-refractivity contribution in [3.05, 3.63) is 105 Å². The van der Waals surface area contributed by atoms with Crippen LogP contribution in [0.25, 0.3) is 22.0 Å². The van der Waals surface area contributed by atoms with Gasteiger partial charge in [-0.15, -0.1) is 0 Å². The molecule has 5 aromatic rings. The van der Waals surface area contributed by atoms with Crippen LogP contribution in [0.2, 0.25) is 5.02 Å². The van der Waals surface area contributed by atoms with Gasteiger partial charge in [-0.3, -0.25) is 18.9 Å². The molecular weight excluding hydrogens is 793 g/mol. The molecule has 8 rings (SSSR count). The Morgan fingerprint density at radius 1 is 1.09 bits per heavy atom. The molecule has 3 N–H and O–H groups in total. The third-order valence-corrected chi connectivity index (χ3v) is 11.5. The number of anilines is 1. The van der Waals surface area contributed by atoms with Crippen LogP contribution < -0.4 is 10.0 Å². The number of sulfonamides is 1. The van der Waals surface area contributed by atoms with Gasteiger partial charge in [0, 0.05) is 29.2 Å². The second-order valence-electron chi connectivity index (χ2n) is 15.2. The molecule has 3 aliphatic carbocycles. The van der Waals surface area contributed by atoms with Gasteiger partial charge in [-0.2, -0.15) is 19.0 Å². The average Bonchev–Trinajstić information content (AvgIpc) is 3.35. The Morgan fingerprint density at radius 3 is 2.47 bits per heavy atom. The van der Waals surface area contributed by atoms with E-state index in [1.807, 2.05) is 0 Å². The van der Waals surface area contributed by atoms with Crippen LogP contribution in [-0.4, -0.2) is 55.8 Å². The minimum absolute atomic E-state index is 0.0189. The number of hydrogen-bond acceptors (Lipinski definition) is 7. The molecular formula is C39H33ClF5N7O4S. The Hall–Kier alpha value is -5.31. The molecule has 3 heterocycles. The molecule has 11 nitrogen and oxygen atoms in total. The molecule has 0 aliphatic heterocycles. The van der Waals surface area contributed by atoms with Gasteiger partial charge in [-0.05, 0) is 68.5 Å². The van der Waals surface area contributed by atoms with Crippen LogP contribution in [0.1, 0.15) is 66.6 Å². The Balaban J connectivity index is 1.26. The molecule has 0 bridgehead atoms. The number of hydrogen-bond donors (Lipinski definition) is 3. The van der Waals surface area contributed by atoms with Crippen LogP contribution in [0.4, 0.5) is 27.8 Å². The largest absolute Gasteiger partial charge is 0.378 e. The Labute approximate surface area is 328 Å². The zero-order valence-corrected chi connectivity index (χ0v) is 32.2. The fourth-order valence-corrected chi connectivity index (χ4v) is 8.93. The van der Waals surface area contributed by atoms with Crippen LogP contribution in [0.5, 0.6) is 0 Å². The summed E-state index contributed by atoms with van der Waals surface area (Å²) >= 11 is 6.61. The summed E-state index contributed by atoms with van der Waals surface area (Å²) in [6.07, 6.45) is 0.484. The van der Waals surface area contributed by atoms with E-state index in [1.54, 1.807) is 31.3 Å². The molecule has 0 saturated heterocycles. The monoisotopic (exact) mass is 825 g/mol. The second-order valence-corrected chi connectivity index (χ2v) is 17.3. The molecule has 1 saturated carbocycles. The predicted octanol–water partition coefficient (Wildman–Crippen LogP) is 6.46. The van der Waals surface area contributed by atoms with Crippen molar-refractivity contribution in [2.24, 2.45) is 12.5 Å². The number of benzene rings is 2. The predicted molar refractivity (Wildman–Crippen MR) is 201 cm³/mol. The van der Waals surface area contributed by atoms with E-state index in [2.05, 4.69) is 32.1 Å². The summed E-state index contributed by atoms with van der Waals surface area (Å²) in [7, 11) is -2.24. The number of amides is 1. The number of nitrogens with zero attached hydrogens (tertiary/aromatic N) is 5. The summed E-state index contributed by atoms with van der Waals surface area (Å²) in [6, 6.07) is 10.7. The van der Waals surface area contributed by atoms with E-state index in [0.717, 1.165) is 6.26 Å². The van der Waals surface area contributed by atoms with E-state index < -0.39 is 74.5 Å². The minimum Gasteiger partial charge on any atom is -0.378 e. The lowest BCUT2D eigenvalue weighted by Gasteiger charge is -2.27. The number of aryl methyl sites for hydroxylation is 1. The molecule has 0 radical (unpaired) electrons. The first-order valence-electron chi connectivity index (χ1n) is 17.6. The van der Waals surface area contributed by atoms with Gasteiger partial charge >= 0.3 is 0 Å². The number of aromatic nitrogens is 5. The van der Waals surface area contributed by atoms with E-state index in [0.29, 0.717) is 26.9 Å². The van der Waals surface area contributed by atoms with Crippen molar-refractivity contribution in [1.82, 2.24) is 29.9 Å². The number of allylic oxidation sites excluding steroid dienone is 2. The van der Waals surface area contributed by atoms with Gasteiger partial charge in [0.2, 0.25) is 15.9 Å². The van der Waals surface area contributed by atoms with Gasteiger partial charge in [-0.1, -0.05) is 47.9 Å². The first kappa shape index (κ1) is 38.6. The molecule has 3 atom stereocenters. The normalized spacial score (nSPS) is 20.6. The number of rotatable bonds is 10. The molecule has 1 fully saturated rings. The maximum Gasteiger partial charge on any atom is 0.299 e. The Kier molecular flexibility index (Phi) is 8.69. The molecule has 296 valence electrons. The third kappa shape index (κ3) is 6.25. The first-order valence-corrected chi connectivity index (χ1v) is 19.8. The summed E-state index contributed by atoms with van der Waals surface area (Å²) in [4.78, 5) is 18.9. The van der Waals surface area contributed by atoms with E-state index in [1.165, 1.54) is 54.9 Å². The average molecular weight is 826 g/mol. The highest BCUT2D eigenvalue weighted by molar-refractivity contribution is 7.92. The topological polar surface area (TPSA) is 144 Å². The lowest BCUT2D eigenvalue weighted by Crippen LogP contribution is -2.36. The van der Waals surface area contributed by atoms with Crippen molar-refractivity contribution in [2.45, 2.75) is 62.6 Å². The zero-order valence-electron chi connectivity index (χ0n) is 30.6. The molecule has 0 spiro atoms. The maximum atomic E-state index is 16.0. The van der Waals surface area contributed by atoms with Crippen LogP contribution in [0.15, 0.2) is 60.7 Å². The van der Waals surface area contributed by atoms with Crippen LogP contribution in [0.3, 0.4) is 0 Å². The van der Waals surface area contributed by atoms with Gasteiger partial charge in [0.15, 0.2) is 5.82 Å². The Bertz CT molecular complexity index is 2750. The summed E-state index contributed by atoms with van der Waals surface area (Å²) in [5.74, 6) is 0.411. The van der Waals surface area contributed by atoms with Gasteiger partial charge < -0.3 is 10.4 Å². The van der Waals surface area contributed by atoms with Crippen molar-refractivity contribution >= 4 is 44.3 Å². The summed E-state index contributed by atoms with van der Waals surface area (Å²) in [5.41, 5.74) is -4.25. The summed E-state index contributed by atoms with van der Waals surface area (Å²) in [6.45, 7) is 2.07. The number of carbonyl (C=O) groups excluding carboxylic acids is 1. The highest BCUT2D eigenvalue weighted by Crippen LogP contribution is 2.86. The second kappa shape index (κ2) is 12.9. The maximum absolute atomic E-state index is 16.0. The number of alkyl halides is 4. The fraction of sp³-hybridized carbons (Fsp3) is 0.333. The van der Waals surface area contributed by atoms with Crippen LogP contribution >= 0.6 is 11.6 Å². The molecule has 18 heteroatoms. The molecule has 3 unspecified atom stereocenters. The quantitative estimate of drug-likeness (QED) is 0.0834. The first-order chi connectivity index (χ1) is 26.6. The lowest BCUT2D eigenvalue weighted by atomic mass is 9.81. The zero-order chi connectivity index (χ0) is 41.0. The lowest BCUT2D eigenvalue weighted by molar-refractivity contribution is -0.123. The number of halogens is 6. The summed E-state index contributed by atoms with van der Waals surface area (Å²) in [5, 5.41) is 21.8. The standard InChI is InChI=1S/C39H33ClF5N7O4S/c1-36(2,54)13-12-22-8-9-23(24-10-11-25(40)28-32(24)51(3)49-35(28)50-57(4,55)56)30(46-22)26(17-20-6-5-7-21(41)16-20)47-27(53)18-52-33-29(31(48-52)34(42)43)37-14-15-38(37,19-37)39(33,44)45/h5-11,14-16,26,34,54H,17-19H2,1-4H3,(H,47,53)(H,49,50). The van der Waals surface area contributed by atoms with Crippen molar-refractivity contribution in [3.8, 4) is 23.0 Å². The number of aliphatic hydroxyl groups is 1. The van der Waals surface area contributed by atoms with E-state index >= 15 is 8.78 Å². The Morgan fingerprint density at radius 2 is 1.82 bits per heavy atom. The SMILES string of the molecule is Cn1nc(NS(C)(=O)=O)c2c(Cl)ccc(-c3ccc(C#CC(C)(C)O)nc3C(Cc3cccc(F)c3)NC(=O)Cn3nc(C(F)F)c4c3C(F)(F)C35C=CC43C5)c21.